The van der Waals surface area contributed by atoms with Gasteiger partial charge in [-0.1, -0.05) is 0 Å². The van der Waals surface area contributed by atoms with E-state index in [-0.39, 0.29) is 180 Å². The molecule has 0 N–H and O–H groups in total. The molecule has 0 aliphatic heterocycles. The van der Waals surface area contributed by atoms with Crippen molar-refractivity contribution >= 4 is 0 Å². The van der Waals surface area contributed by atoms with Crippen LogP contribution in [0, 0.1) is 0 Å². The molecule has 0 amide bonds. The van der Waals surface area contributed by atoms with Crippen LogP contribution in [0.1, 0.15) is 0 Å². The Balaban J connectivity index is 0. The molecule has 0 aromatic rings. The molecule has 0 fully saturated rings. The SMILES string of the molecule is [Hf+4].[Hf+4].[Hf+4].[Hf].[Hf].[Hf].[N-3].[N-3].[N-3].[N-3]. The summed E-state index contributed by atoms with van der Waals surface area (Å²) in [5, 5.41) is 0. The van der Waals surface area contributed by atoms with E-state index in [9.17, 15) is 0 Å². The van der Waals surface area contributed by atoms with Crippen molar-refractivity contribution in [3.05, 3.63) is 24.6 Å². The Kier molecular flexibility index (Phi) is 1090. The summed E-state index contributed by atoms with van der Waals surface area (Å²) in [5.74, 6) is 0. The van der Waals surface area contributed by atoms with Crippen molar-refractivity contribution in [2.24, 2.45) is 0 Å². The van der Waals surface area contributed by atoms with Gasteiger partial charge in [-0.3, -0.25) is 0 Å². The van der Waals surface area contributed by atoms with Crippen molar-refractivity contribution in [1.82, 2.24) is 0 Å². The maximum atomic E-state index is 0. The second-order valence-corrected chi connectivity index (χ2v) is 0. The van der Waals surface area contributed by atoms with Gasteiger partial charge in [0.1, 0.15) is 0 Å². The van der Waals surface area contributed by atoms with Gasteiger partial charge < -0.3 is 24.6 Å². The maximum Gasteiger partial charge on any atom is 4.00 e. The van der Waals surface area contributed by atoms with Crippen LogP contribution in [0.15, 0.2) is 0 Å². The average Bonchev–Trinajstić information content (AvgIpc) is 0. The van der Waals surface area contributed by atoms with E-state index in [2.05, 4.69) is 0 Å². The third-order valence-electron chi connectivity index (χ3n) is 0. The molecule has 0 aliphatic carbocycles. The maximum absolute atomic E-state index is 0. The van der Waals surface area contributed by atoms with Gasteiger partial charge in [0.25, 0.3) is 0 Å². The predicted molar refractivity (Wildman–Crippen MR) is 13.4 cm³/mol. The minimum atomic E-state index is 0. The van der Waals surface area contributed by atoms with Crippen LogP contribution in [0.25, 0.3) is 24.6 Å². The summed E-state index contributed by atoms with van der Waals surface area (Å²) < 4.78 is 0. The molecular formula is Hf6N4. The van der Waals surface area contributed by atoms with E-state index in [0.717, 1.165) is 0 Å². The van der Waals surface area contributed by atoms with Gasteiger partial charge in [0.15, 0.2) is 0 Å². The molecule has 0 atom stereocenters. The van der Waals surface area contributed by atoms with Crippen LogP contribution in [0.5, 0.6) is 0 Å². The third kappa shape index (κ3) is 74.2. The van der Waals surface area contributed by atoms with Gasteiger partial charge in [0, 0.05) is 77.5 Å². The van der Waals surface area contributed by atoms with Crippen molar-refractivity contribution in [3.8, 4) is 0 Å². The summed E-state index contributed by atoms with van der Waals surface area (Å²) in [4.78, 5) is 0. The molecule has 0 bridgehead atoms. The van der Waals surface area contributed by atoms with E-state index < -0.39 is 0 Å². The molecule has 4 nitrogen and oxygen atoms in total. The molecular weight excluding hydrogens is 1130 g/mol. The average molecular weight is 1130 g/mol. The summed E-state index contributed by atoms with van der Waals surface area (Å²) in [6.45, 7) is 0. The zero-order valence-electron chi connectivity index (χ0n) is 4.79. The van der Waals surface area contributed by atoms with E-state index >= 15 is 0 Å². The summed E-state index contributed by atoms with van der Waals surface area (Å²) in [6, 6.07) is 0. The van der Waals surface area contributed by atoms with Crippen LogP contribution in [0.2, 0.25) is 0 Å². The van der Waals surface area contributed by atoms with Gasteiger partial charge in [-0.2, -0.15) is 0 Å². The number of hydrogen-bond donors (Lipinski definition) is 0. The van der Waals surface area contributed by atoms with Crippen molar-refractivity contribution in [2.45, 2.75) is 0 Å². The van der Waals surface area contributed by atoms with Crippen molar-refractivity contribution in [2.75, 3.05) is 0 Å². The second kappa shape index (κ2) is 93.7. The zero-order chi connectivity index (χ0) is 0. The standard InChI is InChI=1S/6Hf.4N/q;;;3*+4;4*-3. The van der Waals surface area contributed by atoms with Crippen LogP contribution >= 0.6 is 0 Å². The molecule has 0 saturated heterocycles. The minimum Gasteiger partial charge on any atom is -3.00 e. The van der Waals surface area contributed by atoms with E-state index in [1.165, 1.54) is 0 Å². The fourth-order valence-corrected chi connectivity index (χ4v) is 0. The van der Waals surface area contributed by atoms with Gasteiger partial charge in [0.05, 0.1) is 0 Å². The first-order valence-electron chi connectivity index (χ1n) is 0. The van der Waals surface area contributed by atoms with Crippen molar-refractivity contribution in [1.29, 1.82) is 0 Å². The predicted octanol–water partition coefficient (Wildman–Crippen LogP) is 1.14. The van der Waals surface area contributed by atoms with Crippen LogP contribution < -0.4 is 0 Å². The minimum absolute atomic E-state index is 0. The Hall–Kier alpha value is 5.06. The van der Waals surface area contributed by atoms with Crippen molar-refractivity contribution in [3.63, 3.8) is 0 Å². The monoisotopic (exact) mass is 1140 g/mol. The first kappa shape index (κ1) is 116. The molecule has 10 heavy (non-hydrogen) atoms. The molecule has 0 saturated carbocycles. The van der Waals surface area contributed by atoms with Gasteiger partial charge in [-0.25, -0.2) is 0 Å². The van der Waals surface area contributed by atoms with Gasteiger partial charge in [-0.15, -0.1) is 0 Å². The smallest absolute Gasteiger partial charge is 3.00 e. The Morgan fingerprint density at radius 3 is 0.300 bits per heavy atom. The van der Waals surface area contributed by atoms with Crippen LogP contribution in [-0.4, -0.2) is 0 Å². The molecule has 0 unspecified atom stereocenters. The van der Waals surface area contributed by atoms with Gasteiger partial charge in [0.2, 0.25) is 0 Å². The molecule has 10 heteroatoms. The molecule has 0 radical (unpaired) electrons. The van der Waals surface area contributed by atoms with E-state index in [0.29, 0.717) is 0 Å². The van der Waals surface area contributed by atoms with Gasteiger partial charge >= 0.3 is 77.5 Å². The third-order valence-corrected chi connectivity index (χ3v) is 0. The Morgan fingerprint density at radius 1 is 0.300 bits per heavy atom. The molecule has 0 spiro atoms. The fraction of sp³-hybridized carbons (Fsp3) is 0. The number of nitrogens with zero attached hydrogens (tertiary/aromatic N) is 4. The molecule has 0 aliphatic rings. The summed E-state index contributed by atoms with van der Waals surface area (Å²) in [6.07, 6.45) is 0. The second-order valence-electron chi connectivity index (χ2n) is 0. The molecule has 0 heterocycles. The van der Waals surface area contributed by atoms with Crippen LogP contribution in [0.4, 0.5) is 0 Å². The zero-order valence-corrected chi connectivity index (χ0v) is 26.3. The summed E-state index contributed by atoms with van der Waals surface area (Å²) in [5.41, 5.74) is 0. The van der Waals surface area contributed by atoms with E-state index in [4.69, 9.17) is 0 Å². The van der Waals surface area contributed by atoms with E-state index in [1.807, 2.05) is 0 Å². The molecule has 0 aromatic heterocycles. The van der Waals surface area contributed by atoms with Crippen molar-refractivity contribution < 1.29 is 155 Å². The summed E-state index contributed by atoms with van der Waals surface area (Å²) >= 11 is 0. The first-order valence-corrected chi connectivity index (χ1v) is 0. The number of hydrogen-bond acceptors (Lipinski definition) is 0. The molecule has 0 aromatic carbocycles. The quantitative estimate of drug-likeness (QED) is 0.324. The Morgan fingerprint density at radius 2 is 0.300 bits per heavy atom. The van der Waals surface area contributed by atoms with Crippen LogP contribution in [-0.2, 0) is 155 Å². The largest absolute Gasteiger partial charge is 4.00 e. The fourth-order valence-electron chi connectivity index (χ4n) is 0. The summed E-state index contributed by atoms with van der Waals surface area (Å²) in [7, 11) is 0. The number of rotatable bonds is 0. The molecule has 44 valence electrons. The van der Waals surface area contributed by atoms with E-state index in [1.54, 1.807) is 0 Å². The normalized spacial score (nSPS) is 0. The Labute approximate surface area is 175 Å². The first-order chi connectivity index (χ1) is 0. The molecule has 0 rings (SSSR count). The Bertz CT molecular complexity index is 9.71. The van der Waals surface area contributed by atoms with Gasteiger partial charge in [-0.05, 0) is 0 Å². The topological polar surface area (TPSA) is 122 Å². The van der Waals surface area contributed by atoms with Crippen LogP contribution in [0.3, 0.4) is 0 Å².